The van der Waals surface area contributed by atoms with Crippen molar-refractivity contribution < 1.29 is 14.3 Å². The molecule has 1 aliphatic rings. The highest BCUT2D eigenvalue weighted by atomic mass is 16.5. The van der Waals surface area contributed by atoms with Gasteiger partial charge in [-0.25, -0.2) is 4.79 Å². The number of ketones is 1. The van der Waals surface area contributed by atoms with E-state index < -0.39 is 0 Å². The molecule has 3 nitrogen and oxygen atoms in total. The number of hydrogen-bond donors (Lipinski definition) is 0. The van der Waals surface area contributed by atoms with Gasteiger partial charge in [0.25, 0.3) is 0 Å². The predicted molar refractivity (Wildman–Crippen MR) is 83.6 cm³/mol. The van der Waals surface area contributed by atoms with Gasteiger partial charge < -0.3 is 4.74 Å². The zero-order chi connectivity index (χ0) is 15.4. The van der Waals surface area contributed by atoms with Crippen molar-refractivity contribution in [2.45, 2.75) is 18.4 Å². The second kappa shape index (κ2) is 6.39. The summed E-state index contributed by atoms with van der Waals surface area (Å²) < 4.78 is 5.31. The Bertz CT molecular complexity index is 689. The Labute approximate surface area is 129 Å². The van der Waals surface area contributed by atoms with E-state index in [1.807, 2.05) is 48.5 Å². The van der Waals surface area contributed by atoms with Gasteiger partial charge in [-0.2, -0.15) is 0 Å². The molecule has 3 rings (SSSR count). The van der Waals surface area contributed by atoms with E-state index in [-0.39, 0.29) is 23.8 Å². The van der Waals surface area contributed by atoms with Gasteiger partial charge in [-0.3, -0.25) is 4.79 Å². The van der Waals surface area contributed by atoms with Gasteiger partial charge in [-0.1, -0.05) is 60.7 Å². The van der Waals surface area contributed by atoms with Crippen molar-refractivity contribution in [2.75, 3.05) is 0 Å². The number of Topliss-reactive ketones (excluding diaryl/α,β-unsaturated/α-hetero) is 1. The van der Waals surface area contributed by atoms with Crippen molar-refractivity contribution in [3.8, 4) is 0 Å². The summed E-state index contributed by atoms with van der Waals surface area (Å²) in [6, 6.07) is 18.9. The van der Waals surface area contributed by atoms with Crippen molar-refractivity contribution in [3.05, 3.63) is 83.9 Å². The molecule has 0 fully saturated rings. The summed E-state index contributed by atoms with van der Waals surface area (Å²) in [5.74, 6) is -0.472. The normalized spacial score (nSPS) is 18.0. The first-order valence-corrected chi connectivity index (χ1v) is 7.26. The minimum absolute atomic E-state index is 0.0470. The Balaban J connectivity index is 1.85. The largest absolute Gasteiger partial charge is 0.454 e. The minimum Gasteiger partial charge on any atom is -0.454 e. The van der Waals surface area contributed by atoms with Gasteiger partial charge in [0.1, 0.15) is 6.10 Å². The molecule has 0 saturated carbocycles. The molecular weight excluding hydrogens is 276 g/mol. The van der Waals surface area contributed by atoms with Crippen LogP contribution in [0, 0.1) is 0 Å². The van der Waals surface area contributed by atoms with E-state index in [2.05, 4.69) is 0 Å². The number of carbonyl (C=O) groups excluding carboxylic acids is 2. The van der Waals surface area contributed by atoms with Crippen LogP contribution in [0.3, 0.4) is 0 Å². The molecule has 0 aliphatic carbocycles. The Morgan fingerprint density at radius 1 is 1.00 bits per heavy atom. The summed E-state index contributed by atoms with van der Waals surface area (Å²) in [4.78, 5) is 23.9. The number of rotatable bonds is 5. The molecule has 2 aromatic rings. The lowest BCUT2D eigenvalue weighted by Crippen LogP contribution is -2.21. The third-order valence-corrected chi connectivity index (χ3v) is 3.80. The van der Waals surface area contributed by atoms with Crippen molar-refractivity contribution >= 4 is 11.8 Å². The molecule has 0 bridgehead atoms. The molecule has 0 unspecified atom stereocenters. The van der Waals surface area contributed by atoms with Gasteiger partial charge >= 0.3 is 5.97 Å². The molecular formula is C19H16O3. The van der Waals surface area contributed by atoms with E-state index in [0.29, 0.717) is 12.0 Å². The van der Waals surface area contributed by atoms with Gasteiger partial charge in [-0.15, -0.1) is 0 Å². The monoisotopic (exact) mass is 292 g/mol. The third-order valence-electron chi connectivity index (χ3n) is 3.80. The lowest BCUT2D eigenvalue weighted by Gasteiger charge is -2.21. The van der Waals surface area contributed by atoms with Crippen molar-refractivity contribution in [3.63, 3.8) is 0 Å². The first kappa shape index (κ1) is 14.3. The van der Waals surface area contributed by atoms with Crippen LogP contribution in [0.2, 0.25) is 0 Å². The van der Waals surface area contributed by atoms with Crippen LogP contribution >= 0.6 is 0 Å². The van der Waals surface area contributed by atoms with Crippen LogP contribution in [-0.2, 0) is 9.53 Å². The molecule has 22 heavy (non-hydrogen) atoms. The number of hydrogen-bond acceptors (Lipinski definition) is 3. The van der Waals surface area contributed by atoms with Crippen molar-refractivity contribution in [2.24, 2.45) is 0 Å². The summed E-state index contributed by atoms with van der Waals surface area (Å²) in [6.45, 7) is 0. The zero-order valence-corrected chi connectivity index (χ0v) is 12.0. The van der Waals surface area contributed by atoms with Gasteiger partial charge in [0, 0.05) is 24.0 Å². The molecule has 0 aromatic heterocycles. The second-order valence-corrected chi connectivity index (χ2v) is 5.27. The highest BCUT2D eigenvalue weighted by molar-refractivity contribution is 5.96. The maximum Gasteiger partial charge on any atom is 0.331 e. The Hall–Kier alpha value is -2.68. The highest BCUT2D eigenvalue weighted by Gasteiger charge is 2.30. The summed E-state index contributed by atoms with van der Waals surface area (Å²) in [5, 5.41) is 0. The molecule has 3 heteroatoms. The summed E-state index contributed by atoms with van der Waals surface area (Å²) in [5.41, 5.74) is 1.67. The van der Waals surface area contributed by atoms with Gasteiger partial charge in [0.2, 0.25) is 0 Å². The van der Waals surface area contributed by atoms with E-state index in [1.165, 1.54) is 6.08 Å². The van der Waals surface area contributed by atoms with E-state index >= 15 is 0 Å². The predicted octanol–water partition coefficient (Wildman–Crippen LogP) is 3.52. The quantitative estimate of drug-likeness (QED) is 0.625. The van der Waals surface area contributed by atoms with Crippen LogP contribution in [0.4, 0.5) is 0 Å². The fraction of sp³-hybridized carbons (Fsp3) is 0.158. The van der Waals surface area contributed by atoms with Crippen molar-refractivity contribution in [1.29, 1.82) is 0 Å². The van der Waals surface area contributed by atoms with Crippen LogP contribution in [0.5, 0.6) is 0 Å². The number of cyclic esters (lactones) is 1. The SMILES string of the molecule is O=C1C=C[C@H]([C@H](CC(=O)c2ccccc2)c2ccccc2)O1. The van der Waals surface area contributed by atoms with Gasteiger partial charge in [-0.05, 0) is 11.6 Å². The van der Waals surface area contributed by atoms with Crippen LogP contribution in [0.1, 0.15) is 28.3 Å². The van der Waals surface area contributed by atoms with Crippen LogP contribution < -0.4 is 0 Å². The molecule has 110 valence electrons. The molecule has 0 amide bonds. The standard InChI is InChI=1S/C19H16O3/c20-17(15-9-5-2-6-10-15)13-16(14-7-3-1-4-8-14)18-11-12-19(21)22-18/h1-12,16,18H,13H2/t16-,18-/m1/s1. The van der Waals surface area contributed by atoms with Crippen LogP contribution in [-0.4, -0.2) is 17.9 Å². The molecule has 1 heterocycles. The van der Waals surface area contributed by atoms with Gasteiger partial charge in [0.05, 0.1) is 0 Å². The number of carbonyl (C=O) groups is 2. The molecule has 0 saturated heterocycles. The topological polar surface area (TPSA) is 43.4 Å². The highest BCUT2D eigenvalue weighted by Crippen LogP contribution is 2.30. The Morgan fingerprint density at radius 3 is 2.23 bits per heavy atom. The van der Waals surface area contributed by atoms with E-state index in [1.54, 1.807) is 18.2 Å². The van der Waals surface area contributed by atoms with E-state index in [4.69, 9.17) is 4.74 Å². The third kappa shape index (κ3) is 3.14. The molecule has 0 spiro atoms. The number of esters is 1. The Morgan fingerprint density at radius 2 is 1.64 bits per heavy atom. The van der Waals surface area contributed by atoms with Crippen LogP contribution in [0.15, 0.2) is 72.8 Å². The fourth-order valence-corrected chi connectivity index (χ4v) is 2.67. The summed E-state index contributed by atoms with van der Waals surface area (Å²) in [7, 11) is 0. The maximum atomic E-state index is 12.5. The minimum atomic E-state index is -0.387. The van der Waals surface area contributed by atoms with Crippen LogP contribution in [0.25, 0.3) is 0 Å². The Kier molecular flexibility index (Phi) is 4.15. The summed E-state index contributed by atoms with van der Waals surface area (Å²) >= 11 is 0. The number of benzene rings is 2. The van der Waals surface area contributed by atoms with Gasteiger partial charge in [0.15, 0.2) is 5.78 Å². The molecule has 0 radical (unpaired) electrons. The first-order valence-electron chi connectivity index (χ1n) is 7.26. The second-order valence-electron chi connectivity index (χ2n) is 5.27. The summed E-state index contributed by atoms with van der Waals surface area (Å²) in [6.07, 6.45) is 3.07. The average molecular weight is 292 g/mol. The molecule has 2 aromatic carbocycles. The van der Waals surface area contributed by atoms with E-state index in [9.17, 15) is 9.59 Å². The smallest absolute Gasteiger partial charge is 0.331 e. The zero-order valence-electron chi connectivity index (χ0n) is 12.0. The van der Waals surface area contributed by atoms with E-state index in [0.717, 1.165) is 5.56 Å². The molecule has 1 aliphatic heterocycles. The average Bonchev–Trinajstić information content (AvgIpc) is 3.00. The fourth-order valence-electron chi connectivity index (χ4n) is 2.67. The number of ether oxygens (including phenoxy) is 1. The lowest BCUT2D eigenvalue weighted by molar-refractivity contribution is -0.139. The first-order chi connectivity index (χ1) is 10.7. The maximum absolute atomic E-state index is 12.5. The van der Waals surface area contributed by atoms with Crippen molar-refractivity contribution in [1.82, 2.24) is 0 Å². The molecule has 2 atom stereocenters. The molecule has 0 N–H and O–H groups in total. The lowest BCUT2D eigenvalue weighted by atomic mass is 9.87.